The minimum atomic E-state index is -0.881. The number of nitro groups is 1. The van der Waals surface area contributed by atoms with Crippen LogP contribution in [0.4, 0.5) is 5.69 Å². The molecule has 0 saturated heterocycles. The number of hydrogen-bond donors (Lipinski definition) is 2. The highest BCUT2D eigenvalue weighted by atomic mass is 79.9. The summed E-state index contributed by atoms with van der Waals surface area (Å²) in [5.74, 6) is -1.81. The fraction of sp³-hybridized carbons (Fsp3) is 0.105. The first kappa shape index (κ1) is 22.6. The van der Waals surface area contributed by atoms with Crippen LogP contribution in [-0.4, -0.2) is 35.9 Å². The van der Waals surface area contributed by atoms with Gasteiger partial charge in [0.1, 0.15) is 5.75 Å². The lowest BCUT2D eigenvalue weighted by atomic mass is 10.1. The quantitative estimate of drug-likeness (QED) is 0.257. The Hall–Kier alpha value is -3.73. The van der Waals surface area contributed by atoms with Crippen LogP contribution in [-0.2, 0) is 19.1 Å². The summed E-state index contributed by atoms with van der Waals surface area (Å²) in [5, 5.41) is 10.9. The number of amides is 2. The predicted octanol–water partition coefficient (Wildman–Crippen LogP) is 2.14. The molecule has 0 atom stereocenters. The lowest BCUT2D eigenvalue weighted by Gasteiger charge is -2.09. The van der Waals surface area contributed by atoms with Crippen LogP contribution in [0.5, 0.6) is 5.75 Å². The maximum atomic E-state index is 11.7. The summed E-state index contributed by atoms with van der Waals surface area (Å²) in [7, 11) is 0. The average molecular weight is 478 g/mol. The van der Waals surface area contributed by atoms with E-state index in [0.717, 1.165) is 10.5 Å². The molecular weight excluding hydrogens is 462 g/mol. The number of nitrogens with one attached hydrogen (secondary N) is 2. The van der Waals surface area contributed by atoms with Crippen LogP contribution in [0.25, 0.3) is 6.08 Å². The van der Waals surface area contributed by atoms with Gasteiger partial charge in [-0.15, -0.1) is 0 Å². The van der Waals surface area contributed by atoms with E-state index in [4.69, 9.17) is 9.47 Å². The fourth-order valence-corrected chi connectivity index (χ4v) is 2.29. The number of nitrogens with zero attached hydrogens (tertiary/aromatic N) is 1. The number of halogens is 1. The van der Waals surface area contributed by atoms with Crippen molar-refractivity contribution >= 4 is 45.5 Å². The number of hydrazine groups is 1. The lowest BCUT2D eigenvalue weighted by molar-refractivity contribution is -0.385. The van der Waals surface area contributed by atoms with Gasteiger partial charge in [-0.1, -0.05) is 28.1 Å². The number of ether oxygens (including phenoxy) is 2. The number of para-hydroxylation sites is 1. The number of carbonyl (C=O) groups excluding carboxylic acids is 3. The molecule has 0 aliphatic rings. The van der Waals surface area contributed by atoms with Crippen molar-refractivity contribution in [1.82, 2.24) is 10.9 Å². The van der Waals surface area contributed by atoms with Crippen molar-refractivity contribution < 1.29 is 28.8 Å². The highest BCUT2D eigenvalue weighted by Crippen LogP contribution is 2.19. The largest absolute Gasteiger partial charge is 0.484 e. The third kappa shape index (κ3) is 7.72. The molecule has 0 spiro atoms. The van der Waals surface area contributed by atoms with Gasteiger partial charge in [-0.3, -0.25) is 30.6 Å². The molecular formula is C19H16BrN3O7. The van der Waals surface area contributed by atoms with E-state index in [-0.39, 0.29) is 17.9 Å². The molecule has 0 saturated carbocycles. The molecule has 10 nitrogen and oxygen atoms in total. The van der Waals surface area contributed by atoms with Crippen LogP contribution in [0, 0.1) is 10.1 Å². The molecule has 0 bridgehead atoms. The van der Waals surface area contributed by atoms with Gasteiger partial charge in [-0.25, -0.2) is 4.79 Å². The average Bonchev–Trinajstić information content (AvgIpc) is 2.74. The van der Waals surface area contributed by atoms with E-state index in [0.29, 0.717) is 5.75 Å². The van der Waals surface area contributed by atoms with E-state index in [1.807, 2.05) is 0 Å². The first-order valence-corrected chi connectivity index (χ1v) is 9.19. The highest BCUT2D eigenvalue weighted by molar-refractivity contribution is 9.10. The minimum absolute atomic E-state index is 0.174. The summed E-state index contributed by atoms with van der Waals surface area (Å²) in [6.45, 7) is -0.992. The highest BCUT2D eigenvalue weighted by Gasteiger charge is 2.11. The molecule has 2 aromatic rings. The Morgan fingerprint density at radius 3 is 2.30 bits per heavy atom. The maximum absolute atomic E-state index is 11.7. The molecule has 156 valence electrons. The molecule has 0 radical (unpaired) electrons. The number of nitro benzene ring substituents is 1. The molecule has 0 aliphatic carbocycles. The van der Waals surface area contributed by atoms with Crippen molar-refractivity contribution in [2.75, 3.05) is 13.2 Å². The van der Waals surface area contributed by atoms with Crippen molar-refractivity contribution in [3.8, 4) is 5.75 Å². The SMILES string of the molecule is O=C(COC(=O)/C=C/c1ccccc1[N+](=O)[O-])NNC(=O)COc1ccc(Br)cc1. The number of hydrogen-bond acceptors (Lipinski definition) is 7. The second-order valence-electron chi connectivity index (χ2n) is 5.60. The summed E-state index contributed by atoms with van der Waals surface area (Å²) in [5.41, 5.74) is 4.21. The zero-order valence-corrected chi connectivity index (χ0v) is 17.0. The molecule has 11 heteroatoms. The Morgan fingerprint density at radius 1 is 1.00 bits per heavy atom. The zero-order chi connectivity index (χ0) is 21.9. The fourth-order valence-electron chi connectivity index (χ4n) is 2.03. The van der Waals surface area contributed by atoms with Crippen LogP contribution < -0.4 is 15.6 Å². The van der Waals surface area contributed by atoms with Gasteiger partial charge in [-0.2, -0.15) is 0 Å². The minimum Gasteiger partial charge on any atom is -0.484 e. The Morgan fingerprint density at radius 2 is 1.63 bits per heavy atom. The van der Waals surface area contributed by atoms with Crippen molar-refractivity contribution in [2.45, 2.75) is 0 Å². The summed E-state index contributed by atoms with van der Waals surface area (Å²) >= 11 is 3.27. The van der Waals surface area contributed by atoms with E-state index >= 15 is 0 Å². The van der Waals surface area contributed by atoms with Crippen molar-refractivity contribution in [3.63, 3.8) is 0 Å². The van der Waals surface area contributed by atoms with Crippen LogP contribution in [0.2, 0.25) is 0 Å². The molecule has 2 rings (SSSR count). The van der Waals surface area contributed by atoms with Crippen LogP contribution in [0.15, 0.2) is 59.1 Å². The Bertz CT molecular complexity index is 961. The molecule has 0 unspecified atom stereocenters. The molecule has 0 heterocycles. The zero-order valence-electron chi connectivity index (χ0n) is 15.4. The maximum Gasteiger partial charge on any atom is 0.331 e. The third-order valence-corrected chi connectivity index (χ3v) is 3.93. The summed E-state index contributed by atoms with van der Waals surface area (Å²) in [4.78, 5) is 45.2. The number of carbonyl (C=O) groups is 3. The first-order valence-electron chi connectivity index (χ1n) is 8.39. The van der Waals surface area contributed by atoms with Crippen LogP contribution in [0.1, 0.15) is 5.56 Å². The molecule has 30 heavy (non-hydrogen) atoms. The van der Waals surface area contributed by atoms with Gasteiger partial charge in [0, 0.05) is 16.6 Å². The molecule has 0 aromatic heterocycles. The molecule has 2 amide bonds. The normalized spacial score (nSPS) is 10.3. The summed E-state index contributed by atoms with van der Waals surface area (Å²) in [6.07, 6.45) is 2.17. The van der Waals surface area contributed by atoms with E-state index in [9.17, 15) is 24.5 Å². The van der Waals surface area contributed by atoms with Gasteiger partial charge in [0.05, 0.1) is 10.5 Å². The summed E-state index contributed by atoms with van der Waals surface area (Å²) < 4.78 is 10.8. The van der Waals surface area contributed by atoms with Gasteiger partial charge in [0.2, 0.25) is 0 Å². The molecule has 2 N–H and O–H groups in total. The summed E-state index contributed by atoms with van der Waals surface area (Å²) in [6, 6.07) is 12.6. The lowest BCUT2D eigenvalue weighted by Crippen LogP contribution is -2.45. The van der Waals surface area contributed by atoms with Crippen LogP contribution in [0.3, 0.4) is 0 Å². The van der Waals surface area contributed by atoms with Gasteiger partial charge in [-0.05, 0) is 36.4 Å². The number of rotatable bonds is 8. The predicted molar refractivity (Wildman–Crippen MR) is 109 cm³/mol. The van der Waals surface area contributed by atoms with E-state index in [2.05, 4.69) is 26.8 Å². The number of benzene rings is 2. The molecule has 2 aromatic carbocycles. The van der Waals surface area contributed by atoms with Gasteiger partial charge in [0.25, 0.3) is 17.5 Å². The molecule has 0 aliphatic heterocycles. The number of esters is 1. The Labute approximate surface area is 179 Å². The monoisotopic (exact) mass is 477 g/mol. The van der Waals surface area contributed by atoms with E-state index in [1.54, 1.807) is 30.3 Å². The van der Waals surface area contributed by atoms with Gasteiger partial charge >= 0.3 is 5.97 Å². The van der Waals surface area contributed by atoms with E-state index in [1.165, 1.54) is 24.3 Å². The Kier molecular flexibility index (Phi) is 8.51. The smallest absolute Gasteiger partial charge is 0.331 e. The van der Waals surface area contributed by atoms with Crippen molar-refractivity contribution in [1.29, 1.82) is 0 Å². The standard InChI is InChI=1S/C19H16BrN3O7/c20-14-6-8-15(9-7-14)29-11-17(24)21-22-18(25)12-30-19(26)10-5-13-3-1-2-4-16(13)23(27)28/h1-10H,11-12H2,(H,21,24)(H,22,25)/b10-5+. The first-order chi connectivity index (χ1) is 14.3. The van der Waals surface area contributed by atoms with Gasteiger partial charge in [0.15, 0.2) is 13.2 Å². The second kappa shape index (κ2) is 11.3. The van der Waals surface area contributed by atoms with E-state index < -0.39 is 29.3 Å². The Balaban J connectivity index is 1.70. The van der Waals surface area contributed by atoms with Crippen molar-refractivity contribution in [2.24, 2.45) is 0 Å². The topological polar surface area (TPSA) is 137 Å². The molecule has 0 fully saturated rings. The van der Waals surface area contributed by atoms with Crippen molar-refractivity contribution in [3.05, 3.63) is 74.8 Å². The van der Waals surface area contributed by atoms with Crippen LogP contribution >= 0.6 is 15.9 Å². The third-order valence-electron chi connectivity index (χ3n) is 3.40. The van der Waals surface area contributed by atoms with Gasteiger partial charge < -0.3 is 9.47 Å². The second-order valence-corrected chi connectivity index (χ2v) is 6.51.